The van der Waals surface area contributed by atoms with Gasteiger partial charge in [0, 0.05) is 25.0 Å². The Kier molecular flexibility index (Phi) is 6.80. The van der Waals surface area contributed by atoms with Crippen molar-refractivity contribution in [1.82, 2.24) is 20.0 Å². The SMILES string of the molecule is C[C@H]1CC(n2cccn2)CN1C(=O)[C@@H](CCc1ccccc1)NC(=O)OC(C)(C)C. The smallest absolute Gasteiger partial charge is 0.408 e. The molecular weight excluding hydrogens is 380 g/mol. The molecule has 7 nitrogen and oxygen atoms in total. The molecule has 1 saturated heterocycles. The first-order chi connectivity index (χ1) is 14.2. The Morgan fingerprint density at radius 2 is 1.97 bits per heavy atom. The van der Waals surface area contributed by atoms with E-state index in [0.717, 1.165) is 12.0 Å². The van der Waals surface area contributed by atoms with E-state index in [1.165, 1.54) is 0 Å². The maximum atomic E-state index is 13.4. The molecule has 3 rings (SSSR count). The number of amides is 2. The Hall–Kier alpha value is -2.83. The molecule has 162 valence electrons. The number of rotatable bonds is 6. The second kappa shape index (κ2) is 9.32. The van der Waals surface area contributed by atoms with Crippen molar-refractivity contribution in [3.8, 4) is 0 Å². The Morgan fingerprint density at radius 1 is 1.23 bits per heavy atom. The Bertz CT molecular complexity index is 830. The van der Waals surface area contributed by atoms with Gasteiger partial charge in [-0.25, -0.2) is 4.79 Å². The summed E-state index contributed by atoms with van der Waals surface area (Å²) in [6.07, 6.45) is 5.16. The number of alkyl carbamates (subject to hydrolysis) is 1. The zero-order valence-electron chi connectivity index (χ0n) is 18.2. The van der Waals surface area contributed by atoms with Gasteiger partial charge in [-0.05, 0) is 58.6 Å². The number of ether oxygens (including phenoxy) is 1. The number of hydrogen-bond donors (Lipinski definition) is 1. The van der Waals surface area contributed by atoms with E-state index < -0.39 is 17.7 Å². The lowest BCUT2D eigenvalue weighted by atomic mass is 10.0. The van der Waals surface area contributed by atoms with Crippen LogP contribution in [0, 0.1) is 0 Å². The molecule has 2 aromatic rings. The highest BCUT2D eigenvalue weighted by molar-refractivity contribution is 5.86. The zero-order valence-corrected chi connectivity index (χ0v) is 18.2. The van der Waals surface area contributed by atoms with E-state index in [9.17, 15) is 9.59 Å². The number of aryl methyl sites for hydroxylation is 1. The van der Waals surface area contributed by atoms with Crippen LogP contribution in [-0.2, 0) is 16.0 Å². The third-order valence-corrected chi connectivity index (χ3v) is 5.29. The van der Waals surface area contributed by atoms with E-state index >= 15 is 0 Å². The van der Waals surface area contributed by atoms with E-state index in [-0.39, 0.29) is 18.0 Å². The second-order valence-corrected chi connectivity index (χ2v) is 8.94. The number of hydrogen-bond acceptors (Lipinski definition) is 4. The molecule has 0 spiro atoms. The highest BCUT2D eigenvalue weighted by Crippen LogP contribution is 2.27. The number of nitrogens with zero attached hydrogens (tertiary/aromatic N) is 3. The van der Waals surface area contributed by atoms with Gasteiger partial charge in [-0.1, -0.05) is 30.3 Å². The van der Waals surface area contributed by atoms with Crippen LogP contribution >= 0.6 is 0 Å². The van der Waals surface area contributed by atoms with Crippen molar-refractivity contribution < 1.29 is 14.3 Å². The van der Waals surface area contributed by atoms with Crippen LogP contribution in [0.1, 0.15) is 52.1 Å². The first-order valence-electron chi connectivity index (χ1n) is 10.6. The van der Waals surface area contributed by atoms with Crippen molar-refractivity contribution in [2.45, 2.75) is 70.7 Å². The van der Waals surface area contributed by atoms with Crippen molar-refractivity contribution in [3.05, 3.63) is 54.4 Å². The Labute approximate surface area is 178 Å². The third-order valence-electron chi connectivity index (χ3n) is 5.29. The maximum Gasteiger partial charge on any atom is 0.408 e. The van der Waals surface area contributed by atoms with Gasteiger partial charge in [0.2, 0.25) is 5.91 Å². The maximum absolute atomic E-state index is 13.4. The van der Waals surface area contributed by atoms with Gasteiger partial charge < -0.3 is 15.0 Å². The minimum atomic E-state index is -0.640. The molecular formula is C23H32N4O3. The summed E-state index contributed by atoms with van der Waals surface area (Å²) in [5.41, 5.74) is 0.508. The molecule has 1 unspecified atom stereocenters. The molecule has 1 aliphatic heterocycles. The predicted octanol–water partition coefficient (Wildman–Crippen LogP) is 3.57. The summed E-state index contributed by atoms with van der Waals surface area (Å²) in [5, 5.41) is 7.14. The van der Waals surface area contributed by atoms with E-state index in [1.807, 2.05) is 79.9 Å². The zero-order chi connectivity index (χ0) is 21.7. The van der Waals surface area contributed by atoms with Gasteiger partial charge in [-0.3, -0.25) is 9.48 Å². The fourth-order valence-corrected chi connectivity index (χ4v) is 3.86. The monoisotopic (exact) mass is 412 g/mol. The standard InChI is InChI=1S/C23H32N4O3/c1-17-15-19(27-14-8-13-24-27)16-26(17)21(28)20(25-22(29)30-23(2,3)4)12-11-18-9-6-5-7-10-18/h5-10,13-14,17,19-20H,11-12,15-16H2,1-4H3,(H,25,29)/t17-,19?,20+/m0/s1. The molecule has 3 atom stereocenters. The molecule has 1 aromatic heterocycles. The number of carbonyl (C=O) groups is 2. The minimum absolute atomic E-state index is 0.0704. The van der Waals surface area contributed by atoms with Gasteiger partial charge in [0.1, 0.15) is 11.6 Å². The summed E-state index contributed by atoms with van der Waals surface area (Å²) >= 11 is 0. The highest BCUT2D eigenvalue weighted by atomic mass is 16.6. The summed E-state index contributed by atoms with van der Waals surface area (Å²) in [6, 6.07) is 11.5. The summed E-state index contributed by atoms with van der Waals surface area (Å²) in [6.45, 7) is 8.06. The molecule has 2 amide bonds. The first kappa shape index (κ1) is 21.9. The first-order valence-corrected chi connectivity index (χ1v) is 10.6. The topological polar surface area (TPSA) is 76.5 Å². The van der Waals surface area contributed by atoms with Gasteiger partial charge >= 0.3 is 6.09 Å². The van der Waals surface area contributed by atoms with Crippen molar-refractivity contribution in [3.63, 3.8) is 0 Å². The highest BCUT2D eigenvalue weighted by Gasteiger charge is 2.37. The van der Waals surface area contributed by atoms with Gasteiger partial charge in [0.15, 0.2) is 0 Å². The minimum Gasteiger partial charge on any atom is -0.444 e. The Balaban J connectivity index is 1.70. The quantitative estimate of drug-likeness (QED) is 0.787. The molecule has 7 heteroatoms. The predicted molar refractivity (Wildman–Crippen MR) is 115 cm³/mol. The van der Waals surface area contributed by atoms with E-state index in [2.05, 4.69) is 10.4 Å². The summed E-state index contributed by atoms with van der Waals surface area (Å²) in [4.78, 5) is 27.7. The summed E-state index contributed by atoms with van der Waals surface area (Å²) in [7, 11) is 0. The van der Waals surface area contributed by atoms with Crippen LogP contribution in [0.15, 0.2) is 48.8 Å². The van der Waals surface area contributed by atoms with Crippen LogP contribution in [0.3, 0.4) is 0 Å². The number of likely N-dealkylation sites (tertiary alicyclic amines) is 1. The molecule has 30 heavy (non-hydrogen) atoms. The molecule has 0 radical (unpaired) electrons. The molecule has 0 aliphatic carbocycles. The number of nitrogens with one attached hydrogen (secondary N) is 1. The van der Waals surface area contributed by atoms with Crippen LogP contribution in [0.4, 0.5) is 4.79 Å². The van der Waals surface area contributed by atoms with Crippen molar-refractivity contribution in [2.24, 2.45) is 0 Å². The van der Waals surface area contributed by atoms with Gasteiger partial charge in [0.25, 0.3) is 0 Å². The normalized spacial score (nSPS) is 20.1. The van der Waals surface area contributed by atoms with Crippen LogP contribution in [-0.4, -0.2) is 50.9 Å². The number of carbonyl (C=O) groups excluding carboxylic acids is 2. The lowest BCUT2D eigenvalue weighted by Crippen LogP contribution is -2.50. The molecule has 0 bridgehead atoms. The van der Waals surface area contributed by atoms with E-state index in [1.54, 1.807) is 6.20 Å². The van der Waals surface area contributed by atoms with Crippen LogP contribution in [0.25, 0.3) is 0 Å². The molecule has 1 fully saturated rings. The molecule has 1 aromatic carbocycles. The van der Waals surface area contributed by atoms with Crippen molar-refractivity contribution >= 4 is 12.0 Å². The summed E-state index contributed by atoms with van der Waals surface area (Å²) < 4.78 is 7.31. The number of aromatic nitrogens is 2. The van der Waals surface area contributed by atoms with Crippen molar-refractivity contribution in [2.75, 3.05) is 6.54 Å². The Morgan fingerprint density at radius 3 is 2.60 bits per heavy atom. The average molecular weight is 413 g/mol. The number of benzene rings is 1. The van der Waals surface area contributed by atoms with Crippen LogP contribution in [0.5, 0.6) is 0 Å². The molecule has 2 heterocycles. The van der Waals surface area contributed by atoms with Gasteiger partial charge in [-0.15, -0.1) is 0 Å². The lowest BCUT2D eigenvalue weighted by molar-refractivity contribution is -0.134. The van der Waals surface area contributed by atoms with Gasteiger partial charge in [0.05, 0.1) is 6.04 Å². The van der Waals surface area contributed by atoms with E-state index in [0.29, 0.717) is 19.4 Å². The largest absolute Gasteiger partial charge is 0.444 e. The second-order valence-electron chi connectivity index (χ2n) is 8.94. The third kappa shape index (κ3) is 5.84. The average Bonchev–Trinajstić information content (AvgIpc) is 3.33. The van der Waals surface area contributed by atoms with Crippen LogP contribution < -0.4 is 5.32 Å². The fraction of sp³-hybridized carbons (Fsp3) is 0.522. The molecule has 1 aliphatic rings. The van der Waals surface area contributed by atoms with Crippen LogP contribution in [0.2, 0.25) is 0 Å². The van der Waals surface area contributed by atoms with Crippen molar-refractivity contribution in [1.29, 1.82) is 0 Å². The summed E-state index contributed by atoms with van der Waals surface area (Å²) in [5.74, 6) is -0.0704. The molecule has 1 N–H and O–H groups in total. The molecule has 0 saturated carbocycles. The van der Waals surface area contributed by atoms with Gasteiger partial charge in [-0.2, -0.15) is 5.10 Å². The lowest BCUT2D eigenvalue weighted by Gasteiger charge is -2.28. The fourth-order valence-electron chi connectivity index (χ4n) is 3.86. The van der Waals surface area contributed by atoms with E-state index in [4.69, 9.17) is 4.74 Å².